The second kappa shape index (κ2) is 13.1. The molecule has 1 aromatic heterocycles. The standard InChI is InChI=1S/C32H43N3O3/c1-23-18-25(12-17-31(36)38-4)20-29(19-23)35(32(37)27-8-6-5-7-9-27)22-24-10-13-26(14-11-24)28-15-16-30(33-21-28)34(2)3/h12,15-21,24,26-27H,5-11,13-14,22H2,1-4H3/b17-12+. The summed E-state index contributed by atoms with van der Waals surface area (Å²) in [5.74, 6) is 1.98. The van der Waals surface area contributed by atoms with Crippen LogP contribution in [-0.2, 0) is 14.3 Å². The first kappa shape index (κ1) is 27.9. The first-order valence-electron chi connectivity index (χ1n) is 14.2. The van der Waals surface area contributed by atoms with E-state index >= 15 is 0 Å². The number of esters is 1. The van der Waals surface area contributed by atoms with Gasteiger partial charge in [0.15, 0.2) is 0 Å². The summed E-state index contributed by atoms with van der Waals surface area (Å²) >= 11 is 0. The largest absolute Gasteiger partial charge is 0.466 e. The van der Waals surface area contributed by atoms with Gasteiger partial charge in [0.05, 0.1) is 7.11 Å². The van der Waals surface area contributed by atoms with E-state index in [1.165, 1.54) is 25.2 Å². The van der Waals surface area contributed by atoms with E-state index in [1.807, 2.05) is 44.2 Å². The molecule has 0 unspecified atom stereocenters. The highest BCUT2D eigenvalue weighted by Gasteiger charge is 2.31. The fourth-order valence-electron chi connectivity index (χ4n) is 6.01. The van der Waals surface area contributed by atoms with Crippen molar-refractivity contribution in [3.05, 3.63) is 59.3 Å². The fraction of sp³-hybridized carbons (Fsp3) is 0.531. The number of nitrogens with zero attached hydrogens (tertiary/aromatic N) is 3. The average Bonchev–Trinajstić information content (AvgIpc) is 2.94. The van der Waals surface area contributed by atoms with Crippen LogP contribution < -0.4 is 9.80 Å². The molecule has 2 aliphatic carbocycles. The van der Waals surface area contributed by atoms with Gasteiger partial charge in [-0.05, 0) is 98.2 Å². The summed E-state index contributed by atoms with van der Waals surface area (Å²) in [5, 5.41) is 0. The Bertz CT molecular complexity index is 1110. The Balaban J connectivity index is 1.50. The van der Waals surface area contributed by atoms with E-state index in [4.69, 9.17) is 4.74 Å². The van der Waals surface area contributed by atoms with Gasteiger partial charge >= 0.3 is 5.97 Å². The van der Waals surface area contributed by atoms with Crippen molar-refractivity contribution in [2.45, 2.75) is 70.6 Å². The molecule has 1 amide bonds. The number of anilines is 2. The van der Waals surface area contributed by atoms with E-state index < -0.39 is 0 Å². The number of rotatable bonds is 8. The number of hydrogen-bond donors (Lipinski definition) is 0. The minimum Gasteiger partial charge on any atom is -0.466 e. The van der Waals surface area contributed by atoms with E-state index in [-0.39, 0.29) is 17.8 Å². The summed E-state index contributed by atoms with van der Waals surface area (Å²) in [6.07, 6.45) is 15.2. The first-order valence-corrected chi connectivity index (χ1v) is 14.2. The molecule has 1 heterocycles. The molecule has 0 saturated heterocycles. The summed E-state index contributed by atoms with van der Waals surface area (Å²) in [6.45, 7) is 2.80. The molecule has 2 saturated carbocycles. The van der Waals surface area contributed by atoms with Crippen molar-refractivity contribution in [1.82, 2.24) is 4.98 Å². The molecule has 204 valence electrons. The molecule has 0 bridgehead atoms. The molecule has 4 rings (SSSR count). The number of carbonyl (C=O) groups excluding carboxylic acids is 2. The molecule has 0 N–H and O–H groups in total. The molecule has 0 atom stereocenters. The second-order valence-electron chi connectivity index (χ2n) is 11.3. The Kier molecular flexibility index (Phi) is 9.59. The van der Waals surface area contributed by atoms with Crippen LogP contribution in [0, 0.1) is 18.8 Å². The number of hydrogen-bond acceptors (Lipinski definition) is 5. The lowest BCUT2D eigenvalue weighted by molar-refractivity contribution is -0.134. The zero-order valence-electron chi connectivity index (χ0n) is 23.5. The highest BCUT2D eigenvalue weighted by atomic mass is 16.5. The lowest BCUT2D eigenvalue weighted by Crippen LogP contribution is -2.41. The van der Waals surface area contributed by atoms with Crippen LogP contribution in [0.3, 0.4) is 0 Å². The van der Waals surface area contributed by atoms with Crippen molar-refractivity contribution >= 4 is 29.5 Å². The Hall–Kier alpha value is -3.15. The van der Waals surface area contributed by atoms with Crippen molar-refractivity contribution in [3.8, 4) is 0 Å². The number of benzene rings is 1. The van der Waals surface area contributed by atoms with Crippen molar-refractivity contribution in [2.75, 3.05) is 37.5 Å². The van der Waals surface area contributed by atoms with Gasteiger partial charge in [0.25, 0.3) is 0 Å². The summed E-state index contributed by atoms with van der Waals surface area (Å²) in [5.41, 5.74) is 4.25. The van der Waals surface area contributed by atoms with Gasteiger partial charge < -0.3 is 14.5 Å². The predicted molar refractivity (Wildman–Crippen MR) is 154 cm³/mol. The molecule has 2 aliphatic rings. The molecule has 0 spiro atoms. The molecule has 6 heteroatoms. The molecular formula is C32H43N3O3. The monoisotopic (exact) mass is 517 g/mol. The van der Waals surface area contributed by atoms with Gasteiger partial charge in [-0.2, -0.15) is 0 Å². The second-order valence-corrected chi connectivity index (χ2v) is 11.3. The number of aromatic nitrogens is 1. The van der Waals surface area contributed by atoms with Gasteiger partial charge in [-0.1, -0.05) is 31.4 Å². The minimum absolute atomic E-state index is 0.107. The summed E-state index contributed by atoms with van der Waals surface area (Å²) in [6, 6.07) is 10.5. The first-order chi connectivity index (χ1) is 18.3. The van der Waals surface area contributed by atoms with Crippen molar-refractivity contribution < 1.29 is 14.3 Å². The summed E-state index contributed by atoms with van der Waals surface area (Å²) < 4.78 is 4.76. The summed E-state index contributed by atoms with van der Waals surface area (Å²) in [7, 11) is 5.41. The minimum atomic E-state index is -0.383. The van der Waals surface area contributed by atoms with E-state index in [0.717, 1.165) is 80.5 Å². The van der Waals surface area contributed by atoms with Gasteiger partial charge in [-0.3, -0.25) is 4.79 Å². The predicted octanol–water partition coefficient (Wildman–Crippen LogP) is 6.53. The third-order valence-corrected chi connectivity index (χ3v) is 8.22. The fourth-order valence-corrected chi connectivity index (χ4v) is 6.01. The van der Waals surface area contributed by atoms with Crippen LogP contribution in [0.15, 0.2) is 42.6 Å². The Morgan fingerprint density at radius 2 is 1.74 bits per heavy atom. The smallest absolute Gasteiger partial charge is 0.330 e. The van der Waals surface area contributed by atoms with E-state index in [1.54, 1.807) is 6.08 Å². The lowest BCUT2D eigenvalue weighted by atomic mass is 9.78. The zero-order chi connectivity index (χ0) is 27.1. The van der Waals surface area contributed by atoms with E-state index in [2.05, 4.69) is 28.1 Å². The van der Waals surface area contributed by atoms with Gasteiger partial charge in [0.2, 0.25) is 5.91 Å². The number of amides is 1. The SMILES string of the molecule is COC(=O)/C=C/c1cc(C)cc(N(CC2CCC(c3ccc(N(C)C)nc3)CC2)C(=O)C2CCCCC2)c1. The number of ether oxygens (including phenoxy) is 1. The molecule has 2 aromatic rings. The Labute approximate surface area is 228 Å². The van der Waals surface area contributed by atoms with Crippen LogP contribution in [0.25, 0.3) is 6.08 Å². The average molecular weight is 518 g/mol. The van der Waals surface area contributed by atoms with Gasteiger partial charge in [-0.15, -0.1) is 0 Å². The molecule has 0 radical (unpaired) electrons. The number of aryl methyl sites for hydroxylation is 1. The number of pyridine rings is 1. The maximum atomic E-state index is 13.9. The molecule has 1 aromatic carbocycles. The zero-order valence-corrected chi connectivity index (χ0v) is 23.5. The third kappa shape index (κ3) is 7.24. The topological polar surface area (TPSA) is 62.7 Å². The van der Waals surface area contributed by atoms with Gasteiger partial charge in [0, 0.05) is 44.5 Å². The van der Waals surface area contributed by atoms with Crippen LogP contribution in [0.1, 0.15) is 80.4 Å². The molecule has 0 aliphatic heterocycles. The van der Waals surface area contributed by atoms with Crippen molar-refractivity contribution in [2.24, 2.45) is 11.8 Å². The van der Waals surface area contributed by atoms with Crippen molar-refractivity contribution in [3.63, 3.8) is 0 Å². The maximum Gasteiger partial charge on any atom is 0.330 e. The van der Waals surface area contributed by atoms with Crippen molar-refractivity contribution in [1.29, 1.82) is 0 Å². The highest BCUT2D eigenvalue weighted by Crippen LogP contribution is 2.38. The molecule has 6 nitrogen and oxygen atoms in total. The van der Waals surface area contributed by atoms with Crippen LogP contribution in [0.5, 0.6) is 0 Å². The Morgan fingerprint density at radius 3 is 2.37 bits per heavy atom. The number of carbonyl (C=O) groups is 2. The highest BCUT2D eigenvalue weighted by molar-refractivity contribution is 5.96. The van der Waals surface area contributed by atoms with Crippen LogP contribution in [0.4, 0.5) is 11.5 Å². The van der Waals surface area contributed by atoms with Gasteiger partial charge in [-0.25, -0.2) is 9.78 Å². The lowest BCUT2D eigenvalue weighted by Gasteiger charge is -2.35. The van der Waals surface area contributed by atoms with Crippen LogP contribution >= 0.6 is 0 Å². The molecule has 2 fully saturated rings. The quantitative estimate of drug-likeness (QED) is 0.294. The Morgan fingerprint density at radius 1 is 1.00 bits per heavy atom. The molecular weight excluding hydrogens is 474 g/mol. The maximum absolute atomic E-state index is 13.9. The van der Waals surface area contributed by atoms with E-state index in [0.29, 0.717) is 11.8 Å². The normalized spacial score (nSPS) is 20.3. The molecule has 38 heavy (non-hydrogen) atoms. The van der Waals surface area contributed by atoms with Crippen LogP contribution in [0.2, 0.25) is 0 Å². The number of methoxy groups -OCH3 is 1. The van der Waals surface area contributed by atoms with Gasteiger partial charge in [0.1, 0.15) is 5.82 Å². The van der Waals surface area contributed by atoms with Crippen LogP contribution in [-0.4, -0.2) is 44.6 Å². The third-order valence-electron chi connectivity index (χ3n) is 8.22. The summed E-state index contributed by atoms with van der Waals surface area (Å²) in [4.78, 5) is 34.3. The van der Waals surface area contributed by atoms with E-state index in [9.17, 15) is 9.59 Å².